The van der Waals surface area contributed by atoms with E-state index in [9.17, 15) is 0 Å². The van der Waals surface area contributed by atoms with Crippen LogP contribution in [0.25, 0.3) is 0 Å². The molecule has 1 aromatic rings. The molecule has 0 bridgehead atoms. The predicted octanol–water partition coefficient (Wildman–Crippen LogP) is 3.60. The minimum atomic E-state index is 0.420. The number of aryl methyl sites for hydroxylation is 1. The van der Waals surface area contributed by atoms with Gasteiger partial charge in [0, 0.05) is 24.0 Å². The number of nitrogens with zero attached hydrogens (tertiary/aromatic N) is 2. The highest BCUT2D eigenvalue weighted by Gasteiger charge is 2.28. The molecular weight excluding hydrogens is 254 g/mol. The molecule has 108 valence electrons. The van der Waals surface area contributed by atoms with Crippen molar-refractivity contribution < 1.29 is 0 Å². The van der Waals surface area contributed by atoms with E-state index in [1.165, 1.54) is 22.1 Å². The van der Waals surface area contributed by atoms with Gasteiger partial charge in [-0.15, -0.1) is 11.3 Å². The van der Waals surface area contributed by atoms with E-state index in [1.54, 1.807) is 0 Å². The molecule has 3 atom stereocenters. The Hall–Kier alpha value is -0.610. The fourth-order valence-electron chi connectivity index (χ4n) is 2.67. The van der Waals surface area contributed by atoms with E-state index in [0.717, 1.165) is 31.5 Å². The molecule has 0 aromatic carbocycles. The van der Waals surface area contributed by atoms with E-state index in [0.29, 0.717) is 6.04 Å². The third-order valence-electron chi connectivity index (χ3n) is 4.17. The third kappa shape index (κ3) is 3.29. The highest BCUT2D eigenvalue weighted by molar-refractivity contribution is 7.15. The van der Waals surface area contributed by atoms with Crippen molar-refractivity contribution >= 4 is 16.5 Å². The Balaban J connectivity index is 2.08. The molecule has 0 saturated carbocycles. The van der Waals surface area contributed by atoms with Gasteiger partial charge in [-0.25, -0.2) is 4.98 Å². The normalized spacial score (nSPS) is 25.0. The van der Waals surface area contributed by atoms with E-state index in [-0.39, 0.29) is 0 Å². The first kappa shape index (κ1) is 14.8. The van der Waals surface area contributed by atoms with Crippen LogP contribution in [0, 0.1) is 18.8 Å². The molecule has 3 nitrogen and oxygen atoms in total. The van der Waals surface area contributed by atoms with Crippen LogP contribution >= 0.6 is 11.3 Å². The summed E-state index contributed by atoms with van der Waals surface area (Å²) in [5, 5.41) is 4.78. The summed E-state index contributed by atoms with van der Waals surface area (Å²) in [7, 11) is 0. The summed E-state index contributed by atoms with van der Waals surface area (Å²) in [5.41, 5.74) is 1.20. The number of anilines is 1. The van der Waals surface area contributed by atoms with Crippen molar-refractivity contribution in [2.75, 3.05) is 24.5 Å². The molecule has 1 saturated heterocycles. The van der Waals surface area contributed by atoms with Crippen molar-refractivity contribution in [1.29, 1.82) is 0 Å². The number of aromatic nitrogens is 1. The molecule has 1 aliphatic heterocycles. The van der Waals surface area contributed by atoms with Crippen LogP contribution in [0.5, 0.6) is 0 Å². The second kappa shape index (κ2) is 6.23. The van der Waals surface area contributed by atoms with Gasteiger partial charge < -0.3 is 10.2 Å². The van der Waals surface area contributed by atoms with Gasteiger partial charge in [-0.05, 0) is 38.6 Å². The first-order valence-electron chi connectivity index (χ1n) is 7.48. The van der Waals surface area contributed by atoms with Gasteiger partial charge in [0.25, 0.3) is 0 Å². The highest BCUT2D eigenvalue weighted by atomic mass is 32.1. The fraction of sp³-hybridized carbons (Fsp3) is 0.800. The zero-order valence-electron chi connectivity index (χ0n) is 12.9. The molecule has 19 heavy (non-hydrogen) atoms. The molecule has 1 aliphatic rings. The second-order valence-corrected chi connectivity index (χ2v) is 6.99. The van der Waals surface area contributed by atoms with Gasteiger partial charge in [-0.3, -0.25) is 0 Å². The van der Waals surface area contributed by atoms with Gasteiger partial charge >= 0.3 is 0 Å². The van der Waals surface area contributed by atoms with E-state index in [1.807, 2.05) is 11.3 Å². The summed E-state index contributed by atoms with van der Waals surface area (Å²) in [5.74, 6) is 1.56. The molecule has 0 aliphatic carbocycles. The van der Waals surface area contributed by atoms with Gasteiger partial charge in [0.2, 0.25) is 0 Å². The smallest absolute Gasteiger partial charge is 0.185 e. The van der Waals surface area contributed by atoms with Crippen LogP contribution in [0.1, 0.15) is 50.7 Å². The summed E-state index contributed by atoms with van der Waals surface area (Å²) >= 11 is 1.87. The Morgan fingerprint density at radius 2 is 2.00 bits per heavy atom. The fourth-order valence-corrected chi connectivity index (χ4v) is 3.78. The summed E-state index contributed by atoms with van der Waals surface area (Å²) < 4.78 is 0. The molecule has 1 fully saturated rings. The lowest BCUT2D eigenvalue weighted by atomic mass is 10.0. The van der Waals surface area contributed by atoms with Crippen LogP contribution in [-0.2, 0) is 0 Å². The van der Waals surface area contributed by atoms with Crippen molar-refractivity contribution in [3.05, 3.63) is 10.6 Å². The number of thiazole rings is 1. The van der Waals surface area contributed by atoms with E-state index < -0.39 is 0 Å². The van der Waals surface area contributed by atoms with Crippen molar-refractivity contribution in [2.45, 2.75) is 47.1 Å². The summed E-state index contributed by atoms with van der Waals surface area (Å²) in [6.45, 7) is 14.7. The van der Waals surface area contributed by atoms with E-state index >= 15 is 0 Å². The quantitative estimate of drug-likeness (QED) is 0.893. The van der Waals surface area contributed by atoms with Crippen molar-refractivity contribution in [1.82, 2.24) is 10.3 Å². The lowest BCUT2D eigenvalue weighted by Crippen LogP contribution is -2.19. The second-order valence-electron chi connectivity index (χ2n) is 5.98. The Morgan fingerprint density at radius 1 is 1.37 bits per heavy atom. The van der Waals surface area contributed by atoms with Crippen molar-refractivity contribution in [3.63, 3.8) is 0 Å². The molecule has 2 rings (SSSR count). The minimum absolute atomic E-state index is 0.420. The van der Waals surface area contributed by atoms with E-state index in [4.69, 9.17) is 4.98 Å². The Bertz CT molecular complexity index is 406. The largest absolute Gasteiger partial charge is 0.348 e. The highest BCUT2D eigenvalue weighted by Crippen LogP contribution is 2.34. The van der Waals surface area contributed by atoms with Crippen LogP contribution in [0.15, 0.2) is 0 Å². The summed E-state index contributed by atoms with van der Waals surface area (Å²) in [4.78, 5) is 8.66. The lowest BCUT2D eigenvalue weighted by molar-refractivity contribution is 0.494. The molecule has 0 radical (unpaired) electrons. The Kier molecular flexibility index (Phi) is 4.85. The SMILES string of the molecule is CCCNC(C)c1sc(N2CC(C)C(C)C2)nc1C. The molecule has 1 N–H and O–H groups in total. The number of nitrogens with one attached hydrogen (secondary N) is 1. The first-order valence-corrected chi connectivity index (χ1v) is 8.30. The Labute approximate surface area is 121 Å². The molecule has 2 heterocycles. The molecule has 4 heteroatoms. The number of hydrogen-bond acceptors (Lipinski definition) is 4. The van der Waals surface area contributed by atoms with Gasteiger partial charge in [0.05, 0.1) is 5.69 Å². The third-order valence-corrected chi connectivity index (χ3v) is 5.57. The zero-order chi connectivity index (χ0) is 14.0. The zero-order valence-corrected chi connectivity index (χ0v) is 13.7. The van der Waals surface area contributed by atoms with Gasteiger partial charge in [0.15, 0.2) is 5.13 Å². The number of hydrogen-bond donors (Lipinski definition) is 1. The van der Waals surface area contributed by atoms with Crippen LogP contribution in [0.2, 0.25) is 0 Å². The van der Waals surface area contributed by atoms with Gasteiger partial charge in [-0.1, -0.05) is 20.8 Å². The topological polar surface area (TPSA) is 28.2 Å². The van der Waals surface area contributed by atoms with E-state index in [2.05, 4.69) is 44.8 Å². The first-order chi connectivity index (χ1) is 9.02. The average molecular weight is 281 g/mol. The molecule has 1 aromatic heterocycles. The number of rotatable bonds is 5. The average Bonchev–Trinajstić information content (AvgIpc) is 2.91. The van der Waals surface area contributed by atoms with Crippen LogP contribution < -0.4 is 10.2 Å². The molecule has 0 spiro atoms. The Morgan fingerprint density at radius 3 is 2.58 bits per heavy atom. The van der Waals surface area contributed by atoms with Gasteiger partial charge in [0.1, 0.15) is 0 Å². The molecular formula is C15H27N3S. The van der Waals surface area contributed by atoms with Crippen molar-refractivity contribution in [2.24, 2.45) is 11.8 Å². The van der Waals surface area contributed by atoms with Crippen LogP contribution in [-0.4, -0.2) is 24.6 Å². The maximum absolute atomic E-state index is 4.80. The van der Waals surface area contributed by atoms with Crippen LogP contribution in [0.4, 0.5) is 5.13 Å². The minimum Gasteiger partial charge on any atom is -0.348 e. The van der Waals surface area contributed by atoms with Crippen LogP contribution in [0.3, 0.4) is 0 Å². The monoisotopic (exact) mass is 281 g/mol. The summed E-state index contributed by atoms with van der Waals surface area (Å²) in [6.07, 6.45) is 1.18. The summed E-state index contributed by atoms with van der Waals surface area (Å²) in [6, 6.07) is 0.420. The van der Waals surface area contributed by atoms with Gasteiger partial charge in [-0.2, -0.15) is 0 Å². The molecule has 3 unspecified atom stereocenters. The maximum Gasteiger partial charge on any atom is 0.185 e. The molecule has 0 amide bonds. The lowest BCUT2D eigenvalue weighted by Gasteiger charge is -2.14. The standard InChI is InChI=1S/C15H27N3S/c1-6-7-16-12(4)14-13(5)17-15(19-14)18-8-10(2)11(3)9-18/h10-12,16H,6-9H2,1-5H3. The van der Waals surface area contributed by atoms with Crippen molar-refractivity contribution in [3.8, 4) is 0 Å². The predicted molar refractivity (Wildman–Crippen MR) is 84.1 cm³/mol. The maximum atomic E-state index is 4.80.